The van der Waals surface area contributed by atoms with Gasteiger partial charge in [-0.05, 0) is 72.5 Å². The number of benzene rings is 3. The molecule has 4 rings (SSSR count). The fourth-order valence-corrected chi connectivity index (χ4v) is 4.14. The standard InChI is InChI=1S/C28H24FNO5/c1-4-18-5-10-21(11-6-18)30-25(19-7-12-22(13-8-19)35-17(3)31)24(27(33)28(30)34)26(32)20-9-14-23(29)16(2)15-20/h5-15,25,32H,4H2,1-3H3/b26-24-. The molecule has 6 nitrogen and oxygen atoms in total. The van der Waals surface area contributed by atoms with Crippen molar-refractivity contribution in [2.75, 3.05) is 4.90 Å². The summed E-state index contributed by atoms with van der Waals surface area (Å²) in [5, 5.41) is 11.2. The van der Waals surface area contributed by atoms with Gasteiger partial charge in [-0.3, -0.25) is 19.3 Å². The number of Topliss-reactive ketones (excluding diaryl/α,β-unsaturated/α-hetero) is 1. The van der Waals surface area contributed by atoms with Gasteiger partial charge in [0.05, 0.1) is 11.6 Å². The first-order valence-electron chi connectivity index (χ1n) is 11.2. The number of ketones is 1. The molecule has 1 fully saturated rings. The van der Waals surface area contributed by atoms with Crippen molar-refractivity contribution in [1.29, 1.82) is 0 Å². The zero-order valence-corrected chi connectivity index (χ0v) is 19.5. The van der Waals surface area contributed by atoms with E-state index in [-0.39, 0.29) is 11.1 Å². The number of ether oxygens (including phenoxy) is 1. The maximum atomic E-state index is 13.8. The molecule has 0 spiro atoms. The van der Waals surface area contributed by atoms with E-state index in [2.05, 4.69) is 0 Å². The first-order valence-corrected chi connectivity index (χ1v) is 11.2. The lowest BCUT2D eigenvalue weighted by Gasteiger charge is -2.25. The van der Waals surface area contributed by atoms with E-state index >= 15 is 0 Å². The van der Waals surface area contributed by atoms with Crippen LogP contribution in [0.4, 0.5) is 10.1 Å². The lowest BCUT2D eigenvalue weighted by Crippen LogP contribution is -2.29. The molecule has 7 heteroatoms. The molecule has 35 heavy (non-hydrogen) atoms. The second-order valence-corrected chi connectivity index (χ2v) is 8.32. The molecule has 0 aromatic heterocycles. The largest absolute Gasteiger partial charge is 0.507 e. The predicted octanol–water partition coefficient (Wildman–Crippen LogP) is 5.25. The summed E-state index contributed by atoms with van der Waals surface area (Å²) in [4.78, 5) is 39.1. The van der Waals surface area contributed by atoms with Gasteiger partial charge in [-0.15, -0.1) is 0 Å². The van der Waals surface area contributed by atoms with E-state index in [1.54, 1.807) is 43.3 Å². The number of rotatable bonds is 5. The molecule has 1 aliphatic rings. The van der Waals surface area contributed by atoms with Crippen molar-refractivity contribution < 1.29 is 28.6 Å². The lowest BCUT2D eigenvalue weighted by atomic mass is 9.94. The Labute approximate surface area is 202 Å². The topological polar surface area (TPSA) is 83.9 Å². The number of nitrogens with zero attached hydrogens (tertiary/aromatic N) is 1. The maximum absolute atomic E-state index is 13.8. The molecular formula is C28H24FNO5. The van der Waals surface area contributed by atoms with Crippen LogP contribution in [0.25, 0.3) is 5.76 Å². The Morgan fingerprint density at radius 1 is 1.03 bits per heavy atom. The number of aliphatic hydroxyl groups excluding tert-OH is 1. The summed E-state index contributed by atoms with van der Waals surface area (Å²) in [7, 11) is 0. The predicted molar refractivity (Wildman–Crippen MR) is 129 cm³/mol. The highest BCUT2D eigenvalue weighted by molar-refractivity contribution is 6.51. The van der Waals surface area contributed by atoms with Crippen molar-refractivity contribution >= 4 is 29.1 Å². The number of halogens is 1. The summed E-state index contributed by atoms with van der Waals surface area (Å²) in [6, 6.07) is 16.7. The molecule has 3 aromatic carbocycles. The molecular weight excluding hydrogens is 449 g/mol. The van der Waals surface area contributed by atoms with Crippen LogP contribution in [0.15, 0.2) is 72.3 Å². The van der Waals surface area contributed by atoms with Crippen LogP contribution in [0.5, 0.6) is 5.75 Å². The molecule has 1 unspecified atom stereocenters. The Hall–Kier alpha value is -4.26. The average Bonchev–Trinajstić information content (AvgIpc) is 3.11. The zero-order chi connectivity index (χ0) is 25.3. The summed E-state index contributed by atoms with van der Waals surface area (Å²) < 4.78 is 18.9. The van der Waals surface area contributed by atoms with Crippen LogP contribution < -0.4 is 9.64 Å². The number of anilines is 1. The van der Waals surface area contributed by atoms with Gasteiger partial charge < -0.3 is 9.84 Å². The van der Waals surface area contributed by atoms with Crippen LogP contribution in [-0.4, -0.2) is 22.8 Å². The lowest BCUT2D eigenvalue weighted by molar-refractivity contribution is -0.132. The van der Waals surface area contributed by atoms with Gasteiger partial charge in [0.25, 0.3) is 11.7 Å². The third kappa shape index (κ3) is 4.57. The zero-order valence-electron chi connectivity index (χ0n) is 19.5. The Kier molecular flexibility index (Phi) is 6.51. The number of hydrogen-bond donors (Lipinski definition) is 1. The van der Waals surface area contributed by atoms with Crippen LogP contribution in [-0.2, 0) is 20.8 Å². The number of hydrogen-bond acceptors (Lipinski definition) is 5. The van der Waals surface area contributed by atoms with E-state index in [4.69, 9.17) is 4.74 Å². The van der Waals surface area contributed by atoms with Gasteiger partial charge in [0.1, 0.15) is 17.3 Å². The van der Waals surface area contributed by atoms with E-state index < -0.39 is 35.3 Å². The van der Waals surface area contributed by atoms with Crippen LogP contribution >= 0.6 is 0 Å². The second-order valence-electron chi connectivity index (χ2n) is 8.32. The molecule has 0 aliphatic carbocycles. The highest BCUT2D eigenvalue weighted by atomic mass is 19.1. The molecule has 1 saturated heterocycles. The Morgan fingerprint density at radius 2 is 1.69 bits per heavy atom. The monoisotopic (exact) mass is 473 g/mol. The third-order valence-corrected chi connectivity index (χ3v) is 5.96. The van der Waals surface area contributed by atoms with Crippen LogP contribution in [0.1, 0.15) is 42.1 Å². The van der Waals surface area contributed by atoms with Crippen LogP contribution in [0.3, 0.4) is 0 Å². The van der Waals surface area contributed by atoms with Gasteiger partial charge in [-0.25, -0.2) is 4.39 Å². The van der Waals surface area contributed by atoms with Crippen molar-refractivity contribution in [3.63, 3.8) is 0 Å². The summed E-state index contributed by atoms with van der Waals surface area (Å²) in [6.45, 7) is 4.84. The van der Waals surface area contributed by atoms with Gasteiger partial charge in [-0.1, -0.05) is 31.2 Å². The number of amides is 1. The number of carbonyl (C=O) groups excluding carboxylic acids is 3. The fourth-order valence-electron chi connectivity index (χ4n) is 4.14. The summed E-state index contributed by atoms with van der Waals surface area (Å²) in [5.74, 6) is -2.66. The maximum Gasteiger partial charge on any atom is 0.308 e. The number of carbonyl (C=O) groups is 3. The molecule has 0 saturated carbocycles. The average molecular weight is 474 g/mol. The number of aryl methyl sites for hydroxylation is 2. The van der Waals surface area contributed by atoms with Gasteiger partial charge in [0, 0.05) is 18.2 Å². The summed E-state index contributed by atoms with van der Waals surface area (Å²) in [6.07, 6.45) is 0.810. The molecule has 1 heterocycles. The van der Waals surface area contributed by atoms with Crippen molar-refractivity contribution in [1.82, 2.24) is 0 Å². The highest BCUT2D eigenvalue weighted by Crippen LogP contribution is 2.42. The summed E-state index contributed by atoms with van der Waals surface area (Å²) >= 11 is 0. The first-order chi connectivity index (χ1) is 16.7. The van der Waals surface area contributed by atoms with Gasteiger partial charge in [0.2, 0.25) is 0 Å². The van der Waals surface area contributed by atoms with Crippen molar-refractivity contribution in [3.8, 4) is 5.75 Å². The van der Waals surface area contributed by atoms with Crippen LogP contribution in [0.2, 0.25) is 0 Å². The van der Waals surface area contributed by atoms with E-state index in [1.807, 2.05) is 19.1 Å². The van der Waals surface area contributed by atoms with Gasteiger partial charge in [0.15, 0.2) is 0 Å². The first kappa shape index (κ1) is 23.9. The van der Waals surface area contributed by atoms with E-state index in [1.165, 1.54) is 30.0 Å². The molecule has 3 aromatic rings. The van der Waals surface area contributed by atoms with E-state index in [0.717, 1.165) is 12.0 Å². The molecule has 1 N–H and O–H groups in total. The number of aliphatic hydroxyl groups is 1. The van der Waals surface area contributed by atoms with Crippen molar-refractivity contribution in [2.45, 2.75) is 33.2 Å². The minimum Gasteiger partial charge on any atom is -0.507 e. The quantitative estimate of drug-likeness (QED) is 0.180. The van der Waals surface area contributed by atoms with E-state index in [0.29, 0.717) is 22.6 Å². The minimum absolute atomic E-state index is 0.110. The molecule has 1 aliphatic heterocycles. The van der Waals surface area contributed by atoms with Crippen molar-refractivity contribution in [3.05, 3.63) is 100 Å². The van der Waals surface area contributed by atoms with Crippen LogP contribution in [0, 0.1) is 12.7 Å². The fraction of sp³-hybridized carbons (Fsp3) is 0.179. The Morgan fingerprint density at radius 3 is 2.26 bits per heavy atom. The molecule has 1 atom stereocenters. The van der Waals surface area contributed by atoms with Gasteiger partial charge >= 0.3 is 5.97 Å². The second kappa shape index (κ2) is 9.54. The summed E-state index contributed by atoms with van der Waals surface area (Å²) in [5.41, 5.74) is 2.49. The molecule has 1 amide bonds. The Balaban J connectivity index is 1.89. The normalized spacial score (nSPS) is 17.0. The minimum atomic E-state index is -0.945. The Bertz CT molecular complexity index is 1340. The smallest absolute Gasteiger partial charge is 0.308 e. The SMILES string of the molecule is CCc1ccc(N2C(=O)C(=O)/C(=C(\O)c3ccc(F)c(C)c3)C2c2ccc(OC(C)=O)cc2)cc1. The van der Waals surface area contributed by atoms with Crippen molar-refractivity contribution in [2.24, 2.45) is 0 Å². The number of esters is 1. The highest BCUT2D eigenvalue weighted by Gasteiger charge is 2.47. The third-order valence-electron chi connectivity index (χ3n) is 5.96. The van der Waals surface area contributed by atoms with Gasteiger partial charge in [-0.2, -0.15) is 0 Å². The molecule has 0 bridgehead atoms. The molecule has 0 radical (unpaired) electrons. The molecule has 178 valence electrons. The van der Waals surface area contributed by atoms with E-state index in [9.17, 15) is 23.9 Å².